The Labute approximate surface area is 136 Å². The number of rotatable bonds is 7. The highest BCUT2D eigenvalue weighted by molar-refractivity contribution is 5.43. The molecule has 0 saturated carbocycles. The van der Waals surface area contributed by atoms with E-state index in [9.17, 15) is 0 Å². The van der Waals surface area contributed by atoms with Crippen molar-refractivity contribution in [3.63, 3.8) is 0 Å². The number of likely N-dealkylation sites (N-methyl/N-ethyl adjacent to an activating group) is 1. The molecular weight excluding hydrogens is 270 g/mol. The molecule has 1 aromatic rings. The molecule has 1 aliphatic heterocycles. The summed E-state index contributed by atoms with van der Waals surface area (Å²) in [5, 5.41) is 0. The van der Waals surface area contributed by atoms with Crippen molar-refractivity contribution < 1.29 is 0 Å². The highest BCUT2D eigenvalue weighted by Gasteiger charge is 2.27. The van der Waals surface area contributed by atoms with E-state index in [1.807, 2.05) is 0 Å². The van der Waals surface area contributed by atoms with Crippen LogP contribution in [0.5, 0.6) is 0 Å². The van der Waals surface area contributed by atoms with Gasteiger partial charge in [0.05, 0.1) is 0 Å². The zero-order chi connectivity index (χ0) is 16.2. The van der Waals surface area contributed by atoms with E-state index in [1.54, 1.807) is 0 Å². The van der Waals surface area contributed by atoms with Crippen LogP contribution in [0.2, 0.25) is 0 Å². The maximum atomic E-state index is 4.79. The zero-order valence-corrected chi connectivity index (χ0v) is 15.1. The third kappa shape index (κ3) is 3.81. The van der Waals surface area contributed by atoms with Gasteiger partial charge in [0.2, 0.25) is 0 Å². The number of pyridine rings is 1. The van der Waals surface area contributed by atoms with Gasteiger partial charge < -0.3 is 9.80 Å². The molecule has 1 fully saturated rings. The number of aromatic nitrogens is 1. The first-order chi connectivity index (χ1) is 10.5. The number of anilines is 1. The average Bonchev–Trinajstić information content (AvgIpc) is 3.00. The van der Waals surface area contributed by atoms with Gasteiger partial charge >= 0.3 is 0 Å². The molecule has 2 rings (SSSR count). The monoisotopic (exact) mass is 303 g/mol. The molecule has 22 heavy (non-hydrogen) atoms. The van der Waals surface area contributed by atoms with Crippen LogP contribution in [-0.2, 0) is 5.41 Å². The Bertz CT molecular complexity index is 448. The quantitative estimate of drug-likeness (QED) is 0.756. The molecule has 0 amide bonds. The molecule has 124 valence electrons. The fourth-order valence-electron chi connectivity index (χ4n) is 3.27. The van der Waals surface area contributed by atoms with Crippen molar-refractivity contribution >= 4 is 5.82 Å². The van der Waals surface area contributed by atoms with Crippen molar-refractivity contribution in [1.82, 2.24) is 9.88 Å². The topological polar surface area (TPSA) is 19.4 Å². The maximum absolute atomic E-state index is 4.79. The lowest BCUT2D eigenvalue weighted by molar-refractivity contribution is 0.283. The first kappa shape index (κ1) is 17.3. The summed E-state index contributed by atoms with van der Waals surface area (Å²) in [7, 11) is 0. The number of hydrogen-bond acceptors (Lipinski definition) is 3. The summed E-state index contributed by atoms with van der Waals surface area (Å²) in [5.41, 5.74) is 1.56. The second-order valence-corrected chi connectivity index (χ2v) is 7.12. The predicted molar refractivity (Wildman–Crippen MR) is 95.7 cm³/mol. The van der Waals surface area contributed by atoms with Gasteiger partial charge in [0.15, 0.2) is 0 Å². The van der Waals surface area contributed by atoms with Gasteiger partial charge in [0, 0.05) is 25.3 Å². The summed E-state index contributed by atoms with van der Waals surface area (Å²) in [6, 6.07) is 5.13. The smallest absolute Gasteiger partial charge is 0.128 e. The van der Waals surface area contributed by atoms with E-state index in [-0.39, 0.29) is 5.41 Å². The van der Waals surface area contributed by atoms with Crippen LogP contribution in [0.25, 0.3) is 0 Å². The van der Waals surface area contributed by atoms with Crippen LogP contribution in [-0.4, -0.2) is 42.1 Å². The third-order valence-electron chi connectivity index (χ3n) is 5.45. The Hall–Kier alpha value is -1.09. The molecule has 3 heteroatoms. The minimum atomic E-state index is 0.219. The van der Waals surface area contributed by atoms with E-state index < -0.39 is 0 Å². The van der Waals surface area contributed by atoms with Gasteiger partial charge in [-0.3, -0.25) is 0 Å². The molecule has 3 nitrogen and oxygen atoms in total. The van der Waals surface area contributed by atoms with Gasteiger partial charge in [-0.15, -0.1) is 0 Å². The fourth-order valence-corrected chi connectivity index (χ4v) is 3.27. The SMILES string of the molecule is CCN(CC)CC1CCCN1c1ccc(C(C)(C)CC)cn1. The Morgan fingerprint density at radius 3 is 2.50 bits per heavy atom. The highest BCUT2D eigenvalue weighted by atomic mass is 15.3. The lowest BCUT2D eigenvalue weighted by Crippen LogP contribution is -2.40. The van der Waals surface area contributed by atoms with Crippen molar-refractivity contribution in [3.8, 4) is 0 Å². The van der Waals surface area contributed by atoms with Crippen LogP contribution < -0.4 is 4.90 Å². The van der Waals surface area contributed by atoms with Crippen LogP contribution in [0.15, 0.2) is 18.3 Å². The van der Waals surface area contributed by atoms with Gasteiger partial charge in [0.1, 0.15) is 5.82 Å². The maximum Gasteiger partial charge on any atom is 0.128 e. The van der Waals surface area contributed by atoms with E-state index >= 15 is 0 Å². The molecule has 0 radical (unpaired) electrons. The second kappa shape index (κ2) is 7.45. The van der Waals surface area contributed by atoms with E-state index in [2.05, 4.69) is 62.7 Å². The van der Waals surface area contributed by atoms with Crippen molar-refractivity contribution in [2.45, 2.75) is 65.3 Å². The standard InChI is InChI=1S/C19H33N3/c1-6-19(4,5)16-11-12-18(20-14-16)22-13-9-10-17(22)15-21(7-2)8-3/h11-12,14,17H,6-10,13,15H2,1-5H3. The molecule has 0 aromatic carbocycles. The summed E-state index contributed by atoms with van der Waals surface area (Å²) < 4.78 is 0. The second-order valence-electron chi connectivity index (χ2n) is 7.12. The summed E-state index contributed by atoms with van der Waals surface area (Å²) in [6.45, 7) is 15.9. The lowest BCUT2D eigenvalue weighted by Gasteiger charge is -2.31. The fraction of sp³-hybridized carbons (Fsp3) is 0.737. The van der Waals surface area contributed by atoms with E-state index in [4.69, 9.17) is 4.98 Å². The Balaban J connectivity index is 2.10. The molecule has 1 atom stereocenters. The molecule has 1 aromatic heterocycles. The van der Waals surface area contributed by atoms with Crippen molar-refractivity contribution in [2.24, 2.45) is 0 Å². The number of nitrogens with zero attached hydrogens (tertiary/aromatic N) is 3. The first-order valence-electron chi connectivity index (χ1n) is 8.97. The normalized spacial score (nSPS) is 19.2. The van der Waals surface area contributed by atoms with Crippen LogP contribution in [0.3, 0.4) is 0 Å². The molecule has 2 heterocycles. The Kier molecular flexibility index (Phi) is 5.85. The first-order valence-corrected chi connectivity index (χ1v) is 8.97. The molecule has 0 spiro atoms. The van der Waals surface area contributed by atoms with Gasteiger partial charge in [-0.1, -0.05) is 40.7 Å². The molecule has 0 N–H and O–H groups in total. The van der Waals surface area contributed by atoms with Crippen molar-refractivity contribution in [3.05, 3.63) is 23.9 Å². The molecule has 1 saturated heterocycles. The molecule has 0 bridgehead atoms. The van der Waals surface area contributed by atoms with Gasteiger partial charge in [-0.25, -0.2) is 4.98 Å². The molecule has 1 unspecified atom stereocenters. The van der Waals surface area contributed by atoms with Gasteiger partial charge in [-0.05, 0) is 49.4 Å². The minimum Gasteiger partial charge on any atom is -0.352 e. The van der Waals surface area contributed by atoms with Gasteiger partial charge in [0.25, 0.3) is 0 Å². The molecular formula is C19H33N3. The van der Waals surface area contributed by atoms with Crippen LogP contribution in [0, 0.1) is 0 Å². The average molecular weight is 303 g/mol. The van der Waals surface area contributed by atoms with Crippen LogP contribution in [0.1, 0.15) is 59.4 Å². The summed E-state index contributed by atoms with van der Waals surface area (Å²) in [4.78, 5) is 9.83. The molecule has 1 aliphatic rings. The van der Waals surface area contributed by atoms with Crippen molar-refractivity contribution in [1.29, 1.82) is 0 Å². The highest BCUT2D eigenvalue weighted by Crippen LogP contribution is 2.29. The lowest BCUT2D eigenvalue weighted by atomic mass is 9.83. The van der Waals surface area contributed by atoms with Gasteiger partial charge in [-0.2, -0.15) is 0 Å². The third-order valence-corrected chi connectivity index (χ3v) is 5.45. The summed E-state index contributed by atoms with van der Waals surface area (Å²) in [5.74, 6) is 1.16. The largest absolute Gasteiger partial charge is 0.352 e. The van der Waals surface area contributed by atoms with E-state index in [1.165, 1.54) is 18.4 Å². The number of hydrogen-bond donors (Lipinski definition) is 0. The van der Waals surface area contributed by atoms with E-state index in [0.717, 1.165) is 38.4 Å². The Morgan fingerprint density at radius 2 is 1.95 bits per heavy atom. The minimum absolute atomic E-state index is 0.219. The van der Waals surface area contributed by atoms with Crippen LogP contribution in [0.4, 0.5) is 5.82 Å². The summed E-state index contributed by atoms with van der Waals surface area (Å²) in [6.07, 6.45) is 5.81. The van der Waals surface area contributed by atoms with Crippen molar-refractivity contribution in [2.75, 3.05) is 31.1 Å². The molecule has 0 aliphatic carbocycles. The van der Waals surface area contributed by atoms with Crippen LogP contribution >= 0.6 is 0 Å². The Morgan fingerprint density at radius 1 is 1.23 bits per heavy atom. The van der Waals surface area contributed by atoms with E-state index in [0.29, 0.717) is 6.04 Å². The predicted octanol–water partition coefficient (Wildman–Crippen LogP) is 4.08. The zero-order valence-electron chi connectivity index (χ0n) is 15.1. The summed E-state index contributed by atoms with van der Waals surface area (Å²) >= 11 is 0.